The van der Waals surface area contributed by atoms with Crippen molar-refractivity contribution in [3.63, 3.8) is 0 Å². The van der Waals surface area contributed by atoms with Gasteiger partial charge in [-0.25, -0.2) is 5.43 Å². The van der Waals surface area contributed by atoms with Gasteiger partial charge >= 0.3 is 0 Å². The van der Waals surface area contributed by atoms with Gasteiger partial charge in [-0.3, -0.25) is 9.36 Å². The van der Waals surface area contributed by atoms with E-state index >= 15 is 0 Å². The van der Waals surface area contributed by atoms with E-state index in [1.165, 1.54) is 24.0 Å². The number of rotatable bonds is 10. The highest BCUT2D eigenvalue weighted by Crippen LogP contribution is 2.23. The Morgan fingerprint density at radius 3 is 2.88 bits per heavy atom. The maximum atomic E-state index is 12.4. The number of amides is 1. The normalized spacial score (nSPS) is 11.9. The molecule has 1 atom stereocenters. The van der Waals surface area contributed by atoms with Crippen molar-refractivity contribution in [2.24, 2.45) is 5.10 Å². The van der Waals surface area contributed by atoms with Crippen LogP contribution in [0.4, 0.5) is 0 Å². The van der Waals surface area contributed by atoms with Crippen LogP contribution in [0.2, 0.25) is 5.02 Å². The van der Waals surface area contributed by atoms with Crippen LogP contribution in [0.3, 0.4) is 0 Å². The number of carbonyl (C=O) groups is 1. The molecule has 0 aliphatic rings. The summed E-state index contributed by atoms with van der Waals surface area (Å²) in [6.45, 7) is 6.22. The molecule has 0 saturated carbocycles. The summed E-state index contributed by atoms with van der Waals surface area (Å²) in [4.78, 5) is 12.4. The van der Waals surface area contributed by atoms with Crippen LogP contribution in [0, 0.1) is 0 Å². The number of nitrogens with zero attached hydrogens (tertiary/aromatic N) is 4. The monoisotopic (exact) mass is 471 g/mol. The number of para-hydroxylation sites is 1. The Kier molecular flexibility index (Phi) is 8.29. The Morgan fingerprint density at radius 2 is 2.12 bits per heavy atom. The molecular weight excluding hydrogens is 450 g/mol. The average molecular weight is 472 g/mol. The van der Waals surface area contributed by atoms with E-state index in [0.29, 0.717) is 28.1 Å². The zero-order chi connectivity index (χ0) is 22.9. The minimum absolute atomic E-state index is 0.0117. The number of thioether (sulfide) groups is 1. The van der Waals surface area contributed by atoms with E-state index in [-0.39, 0.29) is 18.3 Å². The summed E-state index contributed by atoms with van der Waals surface area (Å²) >= 11 is 7.15. The minimum Gasteiger partial charge on any atom is -0.507 e. The summed E-state index contributed by atoms with van der Waals surface area (Å²) in [5.41, 5.74) is 2.85. The van der Waals surface area contributed by atoms with Crippen LogP contribution in [0.25, 0.3) is 0 Å². The van der Waals surface area contributed by atoms with Crippen LogP contribution < -0.4 is 10.2 Å². The van der Waals surface area contributed by atoms with Crippen LogP contribution in [-0.4, -0.2) is 37.2 Å². The van der Waals surface area contributed by atoms with E-state index in [4.69, 9.17) is 16.3 Å². The quantitative estimate of drug-likeness (QED) is 0.200. The first kappa shape index (κ1) is 23.4. The predicted octanol–water partition coefficient (Wildman–Crippen LogP) is 4.03. The van der Waals surface area contributed by atoms with Gasteiger partial charge in [0.2, 0.25) is 0 Å². The number of phenols is 1. The van der Waals surface area contributed by atoms with Gasteiger partial charge in [-0.15, -0.1) is 16.8 Å². The van der Waals surface area contributed by atoms with Crippen LogP contribution in [0.15, 0.2) is 71.4 Å². The molecule has 3 rings (SSSR count). The molecule has 0 saturated heterocycles. The highest BCUT2D eigenvalue weighted by molar-refractivity contribution is 8.00. The number of aromatic nitrogens is 3. The van der Waals surface area contributed by atoms with E-state index in [1.54, 1.807) is 25.1 Å². The first-order valence-corrected chi connectivity index (χ1v) is 10.9. The van der Waals surface area contributed by atoms with Gasteiger partial charge in [0.25, 0.3) is 5.91 Å². The van der Waals surface area contributed by atoms with Gasteiger partial charge < -0.3 is 9.84 Å². The Labute approximate surface area is 195 Å². The summed E-state index contributed by atoms with van der Waals surface area (Å²) in [5, 5.41) is 22.6. The summed E-state index contributed by atoms with van der Waals surface area (Å²) in [6, 6.07) is 14.0. The molecule has 0 unspecified atom stereocenters. The largest absolute Gasteiger partial charge is 0.507 e. The molecule has 1 aromatic heterocycles. The SMILES string of the molecule is C=CCn1c(COc2ccccc2)nnc1S[C@@H](C)C(=O)N/N=C\c1cc(Cl)ccc1O. The smallest absolute Gasteiger partial charge is 0.253 e. The van der Waals surface area contributed by atoms with E-state index < -0.39 is 5.25 Å². The van der Waals surface area contributed by atoms with E-state index in [9.17, 15) is 9.90 Å². The van der Waals surface area contributed by atoms with Crippen LogP contribution in [0.5, 0.6) is 11.5 Å². The summed E-state index contributed by atoms with van der Waals surface area (Å²) in [7, 11) is 0. The van der Waals surface area contributed by atoms with E-state index in [2.05, 4.69) is 27.3 Å². The van der Waals surface area contributed by atoms with Crippen molar-refractivity contribution < 1.29 is 14.6 Å². The number of hydrogen-bond acceptors (Lipinski definition) is 7. The third-order valence-corrected chi connectivity index (χ3v) is 5.55. The van der Waals surface area contributed by atoms with Gasteiger partial charge in [-0.1, -0.05) is 47.6 Å². The summed E-state index contributed by atoms with van der Waals surface area (Å²) in [5.74, 6) is 1.03. The molecule has 3 aromatic rings. The van der Waals surface area contributed by atoms with Gasteiger partial charge in [0, 0.05) is 17.1 Å². The molecule has 2 N–H and O–H groups in total. The van der Waals surface area contributed by atoms with Crippen molar-refractivity contribution in [2.75, 3.05) is 0 Å². The Balaban J connectivity index is 1.61. The molecule has 32 heavy (non-hydrogen) atoms. The third kappa shape index (κ3) is 6.35. The number of ether oxygens (including phenoxy) is 1. The first-order chi connectivity index (χ1) is 15.5. The second-order valence-electron chi connectivity index (χ2n) is 6.60. The van der Waals surface area contributed by atoms with Crippen molar-refractivity contribution in [3.8, 4) is 11.5 Å². The molecule has 2 aromatic carbocycles. The summed E-state index contributed by atoms with van der Waals surface area (Å²) in [6.07, 6.45) is 3.06. The molecule has 0 fully saturated rings. The molecule has 0 spiro atoms. The number of nitrogens with one attached hydrogen (secondary N) is 1. The van der Waals surface area contributed by atoms with Gasteiger partial charge in [0.05, 0.1) is 11.5 Å². The number of hydrogen-bond donors (Lipinski definition) is 2. The molecular formula is C22H22ClN5O3S. The fourth-order valence-corrected chi connectivity index (χ4v) is 3.64. The van der Waals surface area contributed by atoms with Crippen molar-refractivity contribution >= 4 is 35.5 Å². The summed E-state index contributed by atoms with van der Waals surface area (Å²) < 4.78 is 7.61. The zero-order valence-electron chi connectivity index (χ0n) is 17.3. The van der Waals surface area contributed by atoms with E-state index in [1.807, 2.05) is 34.9 Å². The number of phenolic OH excluding ortho intramolecular Hbond substituents is 1. The molecule has 0 aliphatic carbocycles. The number of halogens is 1. The lowest BCUT2D eigenvalue weighted by Crippen LogP contribution is -2.27. The average Bonchev–Trinajstić information content (AvgIpc) is 3.16. The van der Waals surface area contributed by atoms with E-state index in [0.717, 1.165) is 5.75 Å². The maximum Gasteiger partial charge on any atom is 0.253 e. The Morgan fingerprint density at radius 1 is 1.34 bits per heavy atom. The molecule has 0 radical (unpaired) electrons. The van der Waals surface area contributed by atoms with Crippen LogP contribution in [0.1, 0.15) is 18.3 Å². The van der Waals surface area contributed by atoms with Crippen molar-refractivity contribution in [2.45, 2.75) is 30.5 Å². The lowest BCUT2D eigenvalue weighted by Gasteiger charge is -2.11. The van der Waals surface area contributed by atoms with Crippen LogP contribution in [-0.2, 0) is 17.9 Å². The lowest BCUT2D eigenvalue weighted by atomic mass is 10.2. The Bertz CT molecular complexity index is 1100. The highest BCUT2D eigenvalue weighted by atomic mass is 35.5. The number of aromatic hydroxyl groups is 1. The predicted molar refractivity (Wildman–Crippen MR) is 125 cm³/mol. The van der Waals surface area contributed by atoms with Crippen molar-refractivity contribution in [1.29, 1.82) is 0 Å². The second-order valence-corrected chi connectivity index (χ2v) is 8.34. The topological polar surface area (TPSA) is 102 Å². The highest BCUT2D eigenvalue weighted by Gasteiger charge is 2.20. The van der Waals surface area contributed by atoms with Crippen molar-refractivity contribution in [3.05, 3.63) is 77.6 Å². The molecule has 10 heteroatoms. The first-order valence-electron chi connectivity index (χ1n) is 9.67. The number of benzene rings is 2. The Hall–Kier alpha value is -3.30. The third-order valence-electron chi connectivity index (χ3n) is 4.24. The van der Waals surface area contributed by atoms with Gasteiger partial charge in [-0.2, -0.15) is 5.10 Å². The lowest BCUT2D eigenvalue weighted by molar-refractivity contribution is -0.120. The number of allylic oxidation sites excluding steroid dienone is 1. The molecule has 166 valence electrons. The number of carbonyl (C=O) groups excluding carboxylic acids is 1. The van der Waals surface area contributed by atoms with Gasteiger partial charge in [-0.05, 0) is 37.3 Å². The second kappa shape index (κ2) is 11.4. The van der Waals surface area contributed by atoms with Gasteiger partial charge in [0.1, 0.15) is 18.1 Å². The molecule has 8 nitrogen and oxygen atoms in total. The zero-order valence-corrected chi connectivity index (χ0v) is 18.9. The molecule has 0 bridgehead atoms. The minimum atomic E-state index is -0.504. The molecule has 0 aliphatic heterocycles. The molecule has 1 heterocycles. The van der Waals surface area contributed by atoms with Gasteiger partial charge in [0.15, 0.2) is 11.0 Å². The molecule has 1 amide bonds. The number of hydrazone groups is 1. The standard InChI is InChI=1S/C22H22ClN5O3S/c1-3-11-28-20(14-31-18-7-5-4-6-8-18)25-27-22(28)32-15(2)21(30)26-24-13-16-12-17(23)9-10-19(16)29/h3-10,12-13,15,29H,1,11,14H2,2H3,(H,26,30)/b24-13-/t15-/m0/s1. The van der Waals surface area contributed by atoms with Crippen LogP contribution >= 0.6 is 23.4 Å². The maximum absolute atomic E-state index is 12.4. The fourth-order valence-electron chi connectivity index (χ4n) is 2.59. The fraction of sp³-hybridized carbons (Fsp3) is 0.182. The van der Waals surface area contributed by atoms with Crippen molar-refractivity contribution in [1.82, 2.24) is 20.2 Å².